The van der Waals surface area contributed by atoms with Gasteiger partial charge in [-0.15, -0.1) is 0 Å². The SMILES string of the molecule is COC(=O)C(NC1CCCC(C)(C)CC1)C(C)C. The van der Waals surface area contributed by atoms with Crippen molar-refractivity contribution in [1.29, 1.82) is 0 Å². The molecule has 0 radical (unpaired) electrons. The van der Waals surface area contributed by atoms with E-state index < -0.39 is 0 Å². The zero-order chi connectivity index (χ0) is 13.8. The number of esters is 1. The summed E-state index contributed by atoms with van der Waals surface area (Å²) >= 11 is 0. The van der Waals surface area contributed by atoms with E-state index >= 15 is 0 Å². The molecule has 18 heavy (non-hydrogen) atoms. The molecule has 1 saturated carbocycles. The first-order chi connectivity index (χ1) is 8.35. The molecule has 0 aromatic rings. The largest absolute Gasteiger partial charge is 0.468 e. The Morgan fingerprint density at radius 3 is 2.50 bits per heavy atom. The maximum Gasteiger partial charge on any atom is 0.323 e. The molecule has 0 aromatic carbocycles. The first-order valence-corrected chi connectivity index (χ1v) is 7.19. The van der Waals surface area contributed by atoms with E-state index in [4.69, 9.17) is 4.74 Å². The van der Waals surface area contributed by atoms with Crippen LogP contribution in [0.1, 0.15) is 59.8 Å². The second kappa shape index (κ2) is 6.55. The van der Waals surface area contributed by atoms with Crippen molar-refractivity contribution in [1.82, 2.24) is 5.32 Å². The molecule has 106 valence electrons. The van der Waals surface area contributed by atoms with Crippen molar-refractivity contribution in [2.45, 2.75) is 71.9 Å². The van der Waals surface area contributed by atoms with Crippen LogP contribution in [0.25, 0.3) is 0 Å². The third-order valence-corrected chi connectivity index (χ3v) is 4.11. The topological polar surface area (TPSA) is 38.3 Å². The van der Waals surface area contributed by atoms with E-state index in [9.17, 15) is 4.79 Å². The summed E-state index contributed by atoms with van der Waals surface area (Å²) in [4.78, 5) is 11.8. The number of hydrogen-bond acceptors (Lipinski definition) is 3. The van der Waals surface area contributed by atoms with Gasteiger partial charge in [-0.1, -0.05) is 34.1 Å². The van der Waals surface area contributed by atoms with E-state index in [-0.39, 0.29) is 17.9 Å². The molecule has 2 unspecified atom stereocenters. The van der Waals surface area contributed by atoms with Gasteiger partial charge in [0.15, 0.2) is 0 Å². The Bertz CT molecular complexity index is 274. The van der Waals surface area contributed by atoms with Crippen LogP contribution in [0.2, 0.25) is 0 Å². The molecule has 3 nitrogen and oxygen atoms in total. The van der Waals surface area contributed by atoms with Gasteiger partial charge in [0.25, 0.3) is 0 Å². The fourth-order valence-electron chi connectivity index (χ4n) is 2.74. The maximum absolute atomic E-state index is 11.8. The number of hydrogen-bond donors (Lipinski definition) is 1. The normalized spacial score (nSPS) is 25.6. The molecule has 0 aromatic heterocycles. The Kier molecular flexibility index (Phi) is 5.64. The number of ether oxygens (including phenoxy) is 1. The smallest absolute Gasteiger partial charge is 0.323 e. The highest BCUT2D eigenvalue weighted by Crippen LogP contribution is 2.34. The second-order valence-corrected chi connectivity index (χ2v) is 6.70. The lowest BCUT2D eigenvalue weighted by molar-refractivity contribution is -0.144. The van der Waals surface area contributed by atoms with Crippen molar-refractivity contribution in [2.75, 3.05) is 7.11 Å². The van der Waals surface area contributed by atoms with Gasteiger partial charge in [0.2, 0.25) is 0 Å². The molecule has 0 bridgehead atoms. The van der Waals surface area contributed by atoms with Crippen molar-refractivity contribution in [2.24, 2.45) is 11.3 Å². The highest BCUT2D eigenvalue weighted by atomic mass is 16.5. The zero-order valence-corrected chi connectivity index (χ0v) is 12.6. The number of carbonyl (C=O) groups excluding carboxylic acids is 1. The first-order valence-electron chi connectivity index (χ1n) is 7.19. The Labute approximate surface area is 112 Å². The fraction of sp³-hybridized carbons (Fsp3) is 0.933. The molecule has 1 aliphatic carbocycles. The monoisotopic (exact) mass is 255 g/mol. The highest BCUT2D eigenvalue weighted by molar-refractivity contribution is 5.75. The van der Waals surface area contributed by atoms with Crippen LogP contribution in [0, 0.1) is 11.3 Å². The average Bonchev–Trinajstić information content (AvgIpc) is 2.46. The minimum atomic E-state index is -0.166. The van der Waals surface area contributed by atoms with E-state index in [2.05, 4.69) is 33.0 Å². The van der Waals surface area contributed by atoms with Gasteiger partial charge < -0.3 is 10.1 Å². The average molecular weight is 255 g/mol. The number of rotatable bonds is 4. The zero-order valence-electron chi connectivity index (χ0n) is 12.6. The van der Waals surface area contributed by atoms with Gasteiger partial charge in [0.05, 0.1) is 7.11 Å². The van der Waals surface area contributed by atoms with Gasteiger partial charge in [-0.25, -0.2) is 0 Å². The molecular weight excluding hydrogens is 226 g/mol. The standard InChI is InChI=1S/C15H29NO2/c1-11(2)13(14(17)18-5)16-12-7-6-9-15(3,4)10-8-12/h11-13,16H,6-10H2,1-5H3. The summed E-state index contributed by atoms with van der Waals surface area (Å²) in [5.74, 6) is 0.141. The lowest BCUT2D eigenvalue weighted by Crippen LogP contribution is -2.47. The van der Waals surface area contributed by atoms with Gasteiger partial charge in [-0.2, -0.15) is 0 Å². The molecule has 1 aliphatic rings. The van der Waals surface area contributed by atoms with Crippen LogP contribution in [0.4, 0.5) is 0 Å². The van der Waals surface area contributed by atoms with Gasteiger partial charge >= 0.3 is 5.97 Å². The van der Waals surface area contributed by atoms with E-state index in [1.165, 1.54) is 32.8 Å². The van der Waals surface area contributed by atoms with Crippen LogP contribution in [-0.2, 0) is 9.53 Å². The van der Waals surface area contributed by atoms with Crippen LogP contribution in [0.3, 0.4) is 0 Å². The number of nitrogens with one attached hydrogen (secondary N) is 1. The molecular formula is C15H29NO2. The molecule has 1 fully saturated rings. The van der Waals surface area contributed by atoms with Crippen molar-refractivity contribution in [3.8, 4) is 0 Å². The lowest BCUT2D eigenvalue weighted by Gasteiger charge is -2.26. The predicted octanol–water partition coefficient (Wildman–Crippen LogP) is 3.13. The van der Waals surface area contributed by atoms with Crippen molar-refractivity contribution < 1.29 is 9.53 Å². The van der Waals surface area contributed by atoms with Crippen LogP contribution in [0.5, 0.6) is 0 Å². The molecule has 0 saturated heterocycles. The van der Waals surface area contributed by atoms with Crippen molar-refractivity contribution in [3.63, 3.8) is 0 Å². The van der Waals surface area contributed by atoms with Crippen LogP contribution in [-0.4, -0.2) is 25.2 Å². The molecule has 1 rings (SSSR count). The Hall–Kier alpha value is -0.570. The van der Waals surface area contributed by atoms with E-state index in [0.29, 0.717) is 11.5 Å². The van der Waals surface area contributed by atoms with Gasteiger partial charge in [-0.05, 0) is 37.0 Å². The molecule has 0 aliphatic heterocycles. The van der Waals surface area contributed by atoms with Crippen molar-refractivity contribution >= 4 is 5.97 Å². The van der Waals surface area contributed by atoms with E-state index in [1.54, 1.807) is 0 Å². The molecule has 3 heteroatoms. The summed E-state index contributed by atoms with van der Waals surface area (Å²) in [6, 6.07) is 0.291. The van der Waals surface area contributed by atoms with Gasteiger partial charge in [0.1, 0.15) is 6.04 Å². The number of methoxy groups -OCH3 is 1. The Morgan fingerprint density at radius 2 is 1.94 bits per heavy atom. The Balaban J connectivity index is 2.56. The summed E-state index contributed by atoms with van der Waals surface area (Å²) < 4.78 is 4.89. The minimum absolute atomic E-state index is 0.131. The maximum atomic E-state index is 11.8. The van der Waals surface area contributed by atoms with Crippen LogP contribution >= 0.6 is 0 Å². The van der Waals surface area contributed by atoms with Crippen LogP contribution in [0.15, 0.2) is 0 Å². The molecule has 2 atom stereocenters. The highest BCUT2D eigenvalue weighted by Gasteiger charge is 2.29. The molecule has 0 spiro atoms. The first kappa shape index (κ1) is 15.5. The summed E-state index contributed by atoms with van der Waals surface area (Å²) in [6.45, 7) is 8.82. The van der Waals surface area contributed by atoms with Gasteiger partial charge in [0, 0.05) is 6.04 Å². The predicted molar refractivity (Wildman–Crippen MR) is 74.4 cm³/mol. The molecule has 1 N–H and O–H groups in total. The van der Waals surface area contributed by atoms with E-state index in [0.717, 1.165) is 6.42 Å². The summed E-state index contributed by atoms with van der Waals surface area (Å²) in [5, 5.41) is 3.51. The summed E-state index contributed by atoms with van der Waals surface area (Å²) in [7, 11) is 1.47. The lowest BCUT2D eigenvalue weighted by atomic mass is 9.85. The quantitative estimate of drug-likeness (QED) is 0.619. The third-order valence-electron chi connectivity index (χ3n) is 4.11. The van der Waals surface area contributed by atoms with Crippen LogP contribution < -0.4 is 5.32 Å². The Morgan fingerprint density at radius 1 is 1.28 bits per heavy atom. The van der Waals surface area contributed by atoms with E-state index in [1.807, 2.05) is 0 Å². The number of carbonyl (C=O) groups is 1. The summed E-state index contributed by atoms with van der Waals surface area (Å²) in [5.41, 5.74) is 0.453. The summed E-state index contributed by atoms with van der Waals surface area (Å²) in [6.07, 6.45) is 6.10. The van der Waals surface area contributed by atoms with Gasteiger partial charge in [-0.3, -0.25) is 4.79 Å². The third kappa shape index (κ3) is 4.60. The minimum Gasteiger partial charge on any atom is -0.468 e. The second-order valence-electron chi connectivity index (χ2n) is 6.70. The van der Waals surface area contributed by atoms with Crippen molar-refractivity contribution in [3.05, 3.63) is 0 Å². The molecule has 0 amide bonds. The molecule has 0 heterocycles. The fourth-order valence-corrected chi connectivity index (χ4v) is 2.74.